The molecule has 0 spiro atoms. The van der Waals surface area contributed by atoms with Crippen molar-refractivity contribution in [2.24, 2.45) is 0 Å². The number of hydrogen-bond acceptors (Lipinski definition) is 9. The Bertz CT molecular complexity index is 1890. The molecule has 0 aliphatic heterocycles. The number of nitrogens with one attached hydrogen (secondary N) is 1. The van der Waals surface area contributed by atoms with E-state index in [1.54, 1.807) is 45.0 Å². The third kappa shape index (κ3) is 5.15. The first-order valence-electron chi connectivity index (χ1n) is 12.8. The zero-order valence-corrected chi connectivity index (χ0v) is 25.1. The second-order valence-electron chi connectivity index (χ2n) is 9.07. The third-order valence-electron chi connectivity index (χ3n) is 6.39. The summed E-state index contributed by atoms with van der Waals surface area (Å²) in [5.41, 5.74) is 2.80. The van der Waals surface area contributed by atoms with Gasteiger partial charge in [-0.25, -0.2) is 9.78 Å². The van der Waals surface area contributed by atoms with E-state index in [0.717, 1.165) is 4.68 Å². The zero-order chi connectivity index (χ0) is 30.3. The molecule has 5 aromatic rings. The van der Waals surface area contributed by atoms with Crippen LogP contribution >= 0.6 is 34.8 Å². The van der Waals surface area contributed by atoms with Crippen LogP contribution in [0.2, 0.25) is 15.1 Å². The van der Waals surface area contributed by atoms with E-state index in [-0.39, 0.29) is 39.5 Å². The lowest BCUT2D eigenvalue weighted by Crippen LogP contribution is -2.13. The van der Waals surface area contributed by atoms with Gasteiger partial charge in [0.2, 0.25) is 11.8 Å². The standard InChI is InChI=1S/C28H24Cl3N7O4/c1-5-41-24(32)15-7-9-16(10-8-15)25-33-26-20(14(4)34-38(26)36-25)13(3)21-22(28(40)42-6-2)35-37(27(21)39)23-18(30)11-17(29)12-19(23)31/h7-12,32,39H,5-6H2,1-4H3/b20-13-,32-24?. The van der Waals surface area contributed by atoms with Gasteiger partial charge in [0.05, 0.1) is 34.5 Å². The van der Waals surface area contributed by atoms with E-state index >= 15 is 0 Å². The number of esters is 1. The van der Waals surface area contributed by atoms with E-state index in [0.29, 0.717) is 50.7 Å². The molecule has 0 saturated heterocycles. The highest BCUT2D eigenvalue weighted by molar-refractivity contribution is 6.40. The molecule has 0 fully saturated rings. The first-order chi connectivity index (χ1) is 20.0. The van der Waals surface area contributed by atoms with Crippen LogP contribution in [0.15, 0.2) is 36.4 Å². The summed E-state index contributed by atoms with van der Waals surface area (Å²) in [6, 6.07) is 9.97. The van der Waals surface area contributed by atoms with E-state index in [9.17, 15) is 9.90 Å². The molecule has 42 heavy (non-hydrogen) atoms. The number of hydrogen-bond donors (Lipinski definition) is 2. The van der Waals surface area contributed by atoms with Crippen molar-refractivity contribution in [3.8, 4) is 23.0 Å². The maximum Gasteiger partial charge on any atom is 0.359 e. The number of aryl methyl sites for hydroxylation is 1. The van der Waals surface area contributed by atoms with Gasteiger partial charge in [-0.05, 0) is 57.5 Å². The van der Waals surface area contributed by atoms with E-state index in [1.807, 2.05) is 6.92 Å². The van der Waals surface area contributed by atoms with Gasteiger partial charge >= 0.3 is 5.97 Å². The topological polar surface area (TPSA) is 141 Å². The van der Waals surface area contributed by atoms with Crippen molar-refractivity contribution in [3.05, 3.63) is 79.2 Å². The summed E-state index contributed by atoms with van der Waals surface area (Å²) < 4.78 is 13.0. The molecule has 14 heteroatoms. The Balaban J connectivity index is 1.70. The maximum absolute atomic E-state index is 13.0. The Kier molecular flexibility index (Phi) is 8.09. The minimum Gasteiger partial charge on any atom is -0.493 e. The van der Waals surface area contributed by atoms with Crippen molar-refractivity contribution >= 4 is 57.9 Å². The monoisotopic (exact) mass is 627 g/mol. The molecule has 11 nitrogen and oxygen atoms in total. The summed E-state index contributed by atoms with van der Waals surface area (Å²) in [7, 11) is 0. The number of benzene rings is 2. The summed E-state index contributed by atoms with van der Waals surface area (Å²) in [5, 5.41) is 33.9. The number of aromatic hydroxyl groups is 1. The van der Waals surface area contributed by atoms with Crippen molar-refractivity contribution in [1.82, 2.24) is 29.6 Å². The molecule has 0 unspecified atom stereocenters. The molecule has 0 amide bonds. The van der Waals surface area contributed by atoms with Crippen molar-refractivity contribution in [3.63, 3.8) is 0 Å². The largest absolute Gasteiger partial charge is 0.493 e. The molecule has 2 aromatic carbocycles. The molecule has 0 saturated carbocycles. The summed E-state index contributed by atoms with van der Waals surface area (Å²) >= 11 is 18.9. The lowest BCUT2D eigenvalue weighted by Gasteiger charge is -2.09. The number of carbonyl (C=O) groups is 1. The number of nitrogens with zero attached hydrogens (tertiary/aromatic N) is 6. The van der Waals surface area contributed by atoms with Crippen molar-refractivity contribution in [2.75, 3.05) is 13.2 Å². The predicted octanol–water partition coefficient (Wildman–Crippen LogP) is 5.43. The lowest BCUT2D eigenvalue weighted by atomic mass is 10.0. The summed E-state index contributed by atoms with van der Waals surface area (Å²) in [6.07, 6.45) is 0. The first-order valence-corrected chi connectivity index (χ1v) is 13.9. The SMILES string of the molecule is CCOC(=N)c1ccc(-c2nc3/c(=C(/C)c4c(C(=O)OCC)nn(-c5c(Cl)cc(Cl)cc5Cl)c4O)c(C)nn3n2)cc1. The van der Waals surface area contributed by atoms with Gasteiger partial charge in [0, 0.05) is 21.4 Å². The van der Waals surface area contributed by atoms with Crippen LogP contribution in [0.4, 0.5) is 0 Å². The second-order valence-corrected chi connectivity index (χ2v) is 10.3. The van der Waals surface area contributed by atoms with Crippen molar-refractivity contribution < 1.29 is 19.4 Å². The minimum absolute atomic E-state index is 0.0735. The molecule has 216 valence electrons. The van der Waals surface area contributed by atoms with Gasteiger partial charge < -0.3 is 14.6 Å². The molecule has 0 aliphatic carbocycles. The first kappa shape index (κ1) is 29.3. The van der Waals surface area contributed by atoms with Gasteiger partial charge in [-0.15, -0.1) is 9.73 Å². The van der Waals surface area contributed by atoms with Gasteiger partial charge in [-0.3, -0.25) is 5.41 Å². The number of aromatic nitrogens is 6. The molecule has 3 aromatic heterocycles. The predicted molar refractivity (Wildman–Crippen MR) is 159 cm³/mol. The van der Waals surface area contributed by atoms with Crippen LogP contribution in [-0.2, 0) is 9.47 Å². The van der Waals surface area contributed by atoms with Crippen molar-refractivity contribution in [1.29, 1.82) is 5.41 Å². The number of fused-ring (bicyclic) bond motifs is 1. The van der Waals surface area contributed by atoms with Crippen molar-refractivity contribution in [2.45, 2.75) is 27.7 Å². The second kappa shape index (κ2) is 11.6. The van der Waals surface area contributed by atoms with Crippen LogP contribution in [0.1, 0.15) is 48.1 Å². The van der Waals surface area contributed by atoms with Gasteiger partial charge in [0.15, 0.2) is 17.2 Å². The lowest BCUT2D eigenvalue weighted by molar-refractivity contribution is 0.0518. The normalized spacial score (nSPS) is 12.1. The Labute approximate surface area is 254 Å². The fraction of sp³-hybridized carbons (Fsp3) is 0.214. The molecule has 5 rings (SSSR count). The van der Waals surface area contributed by atoms with E-state index < -0.39 is 11.8 Å². The zero-order valence-electron chi connectivity index (χ0n) is 22.9. The molecule has 0 aliphatic rings. The molecule has 0 bridgehead atoms. The fourth-order valence-electron chi connectivity index (χ4n) is 4.56. The molecule has 0 atom stereocenters. The van der Waals surface area contributed by atoms with Gasteiger partial charge in [0.25, 0.3) is 0 Å². The number of ether oxygens (including phenoxy) is 2. The highest BCUT2D eigenvalue weighted by Gasteiger charge is 2.29. The van der Waals surface area contributed by atoms with Gasteiger partial charge in [-0.2, -0.15) is 14.9 Å². The molecule has 0 radical (unpaired) electrons. The summed E-state index contributed by atoms with van der Waals surface area (Å²) in [4.78, 5) is 17.7. The van der Waals surface area contributed by atoms with Crippen LogP contribution in [0.5, 0.6) is 5.88 Å². The summed E-state index contributed by atoms with van der Waals surface area (Å²) in [5.74, 6) is -0.682. The molecule has 3 heterocycles. The van der Waals surface area contributed by atoms with Crippen LogP contribution in [-0.4, -0.2) is 59.8 Å². The van der Waals surface area contributed by atoms with E-state index in [1.165, 1.54) is 16.8 Å². The van der Waals surface area contributed by atoms with Crippen LogP contribution in [0, 0.1) is 12.3 Å². The molecular formula is C28H24Cl3N7O4. The Morgan fingerprint density at radius 2 is 1.64 bits per heavy atom. The average Bonchev–Trinajstić information content (AvgIpc) is 3.58. The van der Waals surface area contributed by atoms with Gasteiger partial charge in [-0.1, -0.05) is 46.9 Å². The van der Waals surface area contributed by atoms with E-state index in [4.69, 9.17) is 54.7 Å². The highest BCUT2D eigenvalue weighted by atomic mass is 35.5. The smallest absolute Gasteiger partial charge is 0.359 e. The van der Waals surface area contributed by atoms with E-state index in [2.05, 4.69) is 15.3 Å². The Morgan fingerprint density at radius 3 is 2.26 bits per heavy atom. The average molecular weight is 629 g/mol. The van der Waals surface area contributed by atoms with Crippen LogP contribution in [0.25, 0.3) is 28.3 Å². The Hall–Kier alpha value is -4.19. The molecular weight excluding hydrogens is 605 g/mol. The number of rotatable bonds is 7. The van der Waals surface area contributed by atoms with Crippen LogP contribution < -0.4 is 5.22 Å². The minimum atomic E-state index is -0.754. The van der Waals surface area contributed by atoms with Crippen LogP contribution in [0.3, 0.4) is 0 Å². The molecule has 2 N–H and O–H groups in total. The maximum atomic E-state index is 13.0. The summed E-state index contributed by atoms with van der Waals surface area (Å²) in [6.45, 7) is 7.44. The third-order valence-corrected chi connectivity index (χ3v) is 7.18. The Morgan fingerprint density at radius 1 is 1.00 bits per heavy atom. The number of halogens is 3. The fourth-order valence-corrected chi connectivity index (χ4v) is 5.54. The van der Waals surface area contributed by atoms with Gasteiger partial charge in [0.1, 0.15) is 5.69 Å². The quantitative estimate of drug-likeness (QED) is 0.138. The number of carbonyl (C=O) groups excluding carboxylic acids is 1. The highest BCUT2D eigenvalue weighted by Crippen LogP contribution is 2.38.